The van der Waals surface area contributed by atoms with Crippen LogP contribution in [0.3, 0.4) is 0 Å². The largest absolute Gasteiger partial charge is 0.455 e. The van der Waals surface area contributed by atoms with Gasteiger partial charge in [-0.1, -0.05) is 0 Å². The predicted octanol–water partition coefficient (Wildman–Crippen LogP) is 3.84. The molecule has 3 aromatic rings. The lowest BCUT2D eigenvalue weighted by Gasteiger charge is -2.23. The van der Waals surface area contributed by atoms with E-state index in [-0.39, 0.29) is 24.3 Å². The Morgan fingerprint density at radius 1 is 1.19 bits per heavy atom. The summed E-state index contributed by atoms with van der Waals surface area (Å²) >= 11 is 0. The minimum absolute atomic E-state index is 0.162. The number of furan rings is 1. The van der Waals surface area contributed by atoms with Gasteiger partial charge in [0.2, 0.25) is 10.0 Å². The molecule has 0 radical (unpaired) electrons. The summed E-state index contributed by atoms with van der Waals surface area (Å²) in [6, 6.07) is 9.00. The number of rotatable bonds is 3. The molecule has 1 aliphatic heterocycles. The minimum atomic E-state index is -3.58. The van der Waals surface area contributed by atoms with Crippen LogP contribution in [0.5, 0.6) is 0 Å². The van der Waals surface area contributed by atoms with Crippen molar-refractivity contribution in [3.8, 4) is 11.3 Å². The number of halogens is 1. The van der Waals surface area contributed by atoms with E-state index in [0.29, 0.717) is 33.3 Å². The number of hydrogen-bond donors (Lipinski definition) is 1. The van der Waals surface area contributed by atoms with Crippen LogP contribution < -0.4 is 9.62 Å². The van der Waals surface area contributed by atoms with Gasteiger partial charge in [0, 0.05) is 29.6 Å². The summed E-state index contributed by atoms with van der Waals surface area (Å²) in [4.78, 5) is 12.8. The van der Waals surface area contributed by atoms with E-state index in [2.05, 4.69) is 5.32 Å². The first-order chi connectivity index (χ1) is 14.6. The van der Waals surface area contributed by atoms with E-state index < -0.39 is 21.9 Å². The van der Waals surface area contributed by atoms with Crippen molar-refractivity contribution in [2.24, 2.45) is 0 Å². The molecule has 0 unspecified atom stereocenters. The highest BCUT2D eigenvalue weighted by molar-refractivity contribution is 7.92. The summed E-state index contributed by atoms with van der Waals surface area (Å²) in [6.07, 6.45) is 0.422. The standard InChI is InChI=1S/C22H23FN2O5S/c1-12-11-25(31(4,27)28)18-10-19-17(9-16(18)13(2)29-12)20(22(26)24-3)21(30-19)14-5-7-15(23)8-6-14/h5-10,12-13H,11H2,1-4H3,(H,24,26)/t12-,13+/m1/s1. The molecule has 7 nitrogen and oxygen atoms in total. The number of anilines is 1. The van der Waals surface area contributed by atoms with E-state index in [1.807, 2.05) is 13.8 Å². The topological polar surface area (TPSA) is 88.8 Å². The number of benzene rings is 2. The van der Waals surface area contributed by atoms with E-state index in [0.717, 1.165) is 6.26 Å². The summed E-state index contributed by atoms with van der Waals surface area (Å²) in [5.41, 5.74) is 2.27. The summed E-state index contributed by atoms with van der Waals surface area (Å²) in [6.45, 7) is 3.82. The molecule has 1 aromatic heterocycles. The Hall–Kier alpha value is -2.91. The molecule has 2 aromatic carbocycles. The molecule has 2 atom stereocenters. The van der Waals surface area contributed by atoms with Gasteiger partial charge in [-0.2, -0.15) is 0 Å². The Morgan fingerprint density at radius 3 is 2.48 bits per heavy atom. The fourth-order valence-electron chi connectivity index (χ4n) is 3.96. The maximum atomic E-state index is 13.4. The number of carbonyl (C=O) groups is 1. The molecule has 1 aliphatic rings. The van der Waals surface area contributed by atoms with Crippen molar-refractivity contribution in [3.63, 3.8) is 0 Å². The Balaban J connectivity index is 2.03. The highest BCUT2D eigenvalue weighted by Gasteiger charge is 2.32. The van der Waals surface area contributed by atoms with Gasteiger partial charge >= 0.3 is 0 Å². The van der Waals surface area contributed by atoms with Gasteiger partial charge in [0.25, 0.3) is 5.91 Å². The van der Waals surface area contributed by atoms with Gasteiger partial charge in [0.15, 0.2) is 0 Å². The smallest absolute Gasteiger partial charge is 0.255 e. The molecule has 2 heterocycles. The molecule has 1 amide bonds. The summed E-state index contributed by atoms with van der Waals surface area (Å²) < 4.78 is 51.7. The van der Waals surface area contributed by atoms with Crippen molar-refractivity contribution in [1.82, 2.24) is 5.32 Å². The van der Waals surface area contributed by atoms with E-state index >= 15 is 0 Å². The van der Waals surface area contributed by atoms with Crippen molar-refractivity contribution in [2.45, 2.75) is 26.1 Å². The van der Waals surface area contributed by atoms with E-state index in [1.54, 1.807) is 12.1 Å². The Bertz CT molecular complexity index is 1270. The number of ether oxygens (including phenoxy) is 1. The predicted molar refractivity (Wildman–Crippen MR) is 116 cm³/mol. The molecule has 4 rings (SSSR count). The van der Waals surface area contributed by atoms with Gasteiger partial charge in [0.1, 0.15) is 17.2 Å². The fourth-order valence-corrected chi connectivity index (χ4v) is 4.95. The highest BCUT2D eigenvalue weighted by atomic mass is 32.2. The number of amides is 1. The summed E-state index contributed by atoms with van der Waals surface area (Å²) in [7, 11) is -2.07. The average molecular weight is 447 g/mol. The number of hydrogen-bond acceptors (Lipinski definition) is 5. The van der Waals surface area contributed by atoms with Gasteiger partial charge in [-0.3, -0.25) is 9.10 Å². The molecule has 1 N–H and O–H groups in total. The zero-order chi connectivity index (χ0) is 22.5. The Kier molecular flexibility index (Phi) is 5.26. The second kappa shape index (κ2) is 7.65. The maximum Gasteiger partial charge on any atom is 0.255 e. The van der Waals surface area contributed by atoms with Crippen LogP contribution in [0.4, 0.5) is 10.1 Å². The molecule has 31 heavy (non-hydrogen) atoms. The molecule has 0 saturated carbocycles. The number of fused-ring (bicyclic) bond motifs is 2. The van der Waals surface area contributed by atoms with Crippen molar-refractivity contribution >= 4 is 32.6 Å². The average Bonchev–Trinajstić information content (AvgIpc) is 3.02. The fraction of sp³-hybridized carbons (Fsp3) is 0.318. The molecule has 0 saturated heterocycles. The lowest BCUT2D eigenvalue weighted by Crippen LogP contribution is -2.35. The molecule has 9 heteroatoms. The third kappa shape index (κ3) is 3.79. The molecule has 0 spiro atoms. The van der Waals surface area contributed by atoms with Crippen molar-refractivity contribution in [2.75, 3.05) is 24.2 Å². The van der Waals surface area contributed by atoms with Crippen molar-refractivity contribution in [3.05, 3.63) is 53.3 Å². The van der Waals surface area contributed by atoms with Crippen LogP contribution in [0.2, 0.25) is 0 Å². The molecule has 0 fully saturated rings. The molecular formula is C22H23FN2O5S. The quantitative estimate of drug-likeness (QED) is 0.660. The molecule has 164 valence electrons. The minimum Gasteiger partial charge on any atom is -0.455 e. The van der Waals surface area contributed by atoms with Gasteiger partial charge < -0.3 is 14.5 Å². The second-order valence-electron chi connectivity index (χ2n) is 7.68. The van der Waals surface area contributed by atoms with E-state index in [4.69, 9.17) is 9.15 Å². The van der Waals surface area contributed by atoms with Crippen molar-refractivity contribution < 1.29 is 26.8 Å². The molecule has 0 bridgehead atoms. The Morgan fingerprint density at radius 2 is 1.87 bits per heavy atom. The lowest BCUT2D eigenvalue weighted by atomic mass is 10.0. The van der Waals surface area contributed by atoms with Crippen LogP contribution in [-0.2, 0) is 14.8 Å². The normalized spacial score (nSPS) is 19.2. The SMILES string of the molecule is CNC(=O)c1c(-c2ccc(F)cc2)oc2cc3c(cc12)[C@H](C)O[C@H](C)CN3S(C)(=O)=O. The van der Waals surface area contributed by atoms with Gasteiger partial charge in [-0.05, 0) is 44.2 Å². The first kappa shape index (κ1) is 21.3. The van der Waals surface area contributed by atoms with Crippen LogP contribution in [0.1, 0.15) is 35.9 Å². The maximum absolute atomic E-state index is 13.4. The number of nitrogens with zero attached hydrogens (tertiary/aromatic N) is 1. The Labute approximate surface area is 179 Å². The van der Waals surface area contributed by atoms with Gasteiger partial charge in [-0.25, -0.2) is 12.8 Å². The first-order valence-corrected chi connectivity index (χ1v) is 11.7. The van der Waals surface area contributed by atoms with Crippen molar-refractivity contribution in [1.29, 1.82) is 0 Å². The third-order valence-corrected chi connectivity index (χ3v) is 6.51. The number of carbonyl (C=O) groups excluding carboxylic acids is 1. The van der Waals surface area contributed by atoms with Crippen LogP contribution in [0.25, 0.3) is 22.3 Å². The summed E-state index contributed by atoms with van der Waals surface area (Å²) in [5.74, 6) is -0.493. The lowest BCUT2D eigenvalue weighted by molar-refractivity contribution is 0.0175. The van der Waals surface area contributed by atoms with Gasteiger partial charge in [0.05, 0.1) is 36.3 Å². The number of nitrogens with one attached hydrogen (secondary N) is 1. The van der Waals surface area contributed by atoms with E-state index in [1.165, 1.54) is 35.6 Å². The van der Waals surface area contributed by atoms with Crippen LogP contribution in [-0.4, -0.2) is 40.3 Å². The molecular weight excluding hydrogens is 423 g/mol. The van der Waals surface area contributed by atoms with Crippen LogP contribution >= 0.6 is 0 Å². The van der Waals surface area contributed by atoms with Crippen LogP contribution in [0.15, 0.2) is 40.8 Å². The third-order valence-electron chi connectivity index (χ3n) is 5.36. The van der Waals surface area contributed by atoms with Crippen LogP contribution in [0, 0.1) is 5.82 Å². The second-order valence-corrected chi connectivity index (χ2v) is 9.59. The first-order valence-electron chi connectivity index (χ1n) is 9.81. The number of sulfonamides is 1. The van der Waals surface area contributed by atoms with Gasteiger partial charge in [-0.15, -0.1) is 0 Å². The molecule has 0 aliphatic carbocycles. The zero-order valence-electron chi connectivity index (χ0n) is 17.6. The van der Waals surface area contributed by atoms with E-state index in [9.17, 15) is 17.6 Å². The zero-order valence-corrected chi connectivity index (χ0v) is 18.4. The summed E-state index contributed by atoms with van der Waals surface area (Å²) in [5, 5.41) is 3.14. The monoisotopic (exact) mass is 446 g/mol. The highest BCUT2D eigenvalue weighted by Crippen LogP contribution is 2.41.